The molecule has 0 saturated carbocycles. The van der Waals surface area contributed by atoms with Gasteiger partial charge in [0.25, 0.3) is 10.0 Å². The van der Waals surface area contributed by atoms with Gasteiger partial charge in [-0.1, -0.05) is 60.7 Å². The molecule has 0 aliphatic carbocycles. The number of rotatable bonds is 8. The van der Waals surface area contributed by atoms with Crippen molar-refractivity contribution in [2.75, 3.05) is 6.54 Å². The minimum atomic E-state index is -3.92. The summed E-state index contributed by atoms with van der Waals surface area (Å²) in [6.07, 6.45) is 1.11. The van der Waals surface area contributed by atoms with Gasteiger partial charge in [0.2, 0.25) is 11.0 Å². The first-order valence-electron chi connectivity index (χ1n) is 11.5. The average Bonchev–Trinajstić information content (AvgIpc) is 3.55. The van der Waals surface area contributed by atoms with Gasteiger partial charge in [-0.05, 0) is 42.2 Å². The number of hydrogen-bond donors (Lipinski definition) is 1. The Morgan fingerprint density at radius 2 is 1.74 bits per heavy atom. The molecule has 1 amide bonds. The number of carbonyl (C=O) groups excluding carboxylic acids is 1. The minimum Gasteiger partial charge on any atom is -0.443 e. The summed E-state index contributed by atoms with van der Waals surface area (Å²) in [6, 6.07) is 26.3. The molecule has 1 unspecified atom stereocenters. The van der Waals surface area contributed by atoms with Crippen molar-refractivity contribution in [1.29, 1.82) is 0 Å². The lowest BCUT2D eigenvalue weighted by Crippen LogP contribution is -2.45. The fourth-order valence-corrected chi connectivity index (χ4v) is 6.83. The van der Waals surface area contributed by atoms with E-state index in [9.17, 15) is 13.2 Å². The van der Waals surface area contributed by atoms with Gasteiger partial charge in [-0.15, -0.1) is 11.8 Å². The Morgan fingerprint density at radius 1 is 0.971 bits per heavy atom. The summed E-state index contributed by atoms with van der Waals surface area (Å²) >= 11 is 1.74. The standard InChI is InChI=1S/C27H26N2O4S2/c30-27(28-18-21-10-6-12-23(16-21)34-19-20-8-2-1-3-9-20)24-13-7-15-29(24)35(31,32)26-17-22-11-4-5-14-25(22)33-26/h1-6,8-12,14,16-17,24H,7,13,15,18-19H2,(H,28,30). The Morgan fingerprint density at radius 3 is 2.57 bits per heavy atom. The van der Waals surface area contributed by atoms with Crippen molar-refractivity contribution in [2.45, 2.75) is 41.2 Å². The summed E-state index contributed by atoms with van der Waals surface area (Å²) in [5, 5.41) is 3.53. The second-order valence-electron chi connectivity index (χ2n) is 8.52. The number of para-hydroxylation sites is 1. The highest BCUT2D eigenvalue weighted by Gasteiger charge is 2.41. The highest BCUT2D eigenvalue weighted by molar-refractivity contribution is 7.98. The van der Waals surface area contributed by atoms with Crippen LogP contribution in [0.4, 0.5) is 0 Å². The second-order valence-corrected chi connectivity index (χ2v) is 11.4. The van der Waals surface area contributed by atoms with Crippen molar-refractivity contribution < 1.29 is 17.6 Å². The molecule has 4 aromatic rings. The van der Waals surface area contributed by atoms with Crippen molar-refractivity contribution in [3.05, 3.63) is 96.1 Å². The molecule has 35 heavy (non-hydrogen) atoms. The quantitative estimate of drug-likeness (QED) is 0.333. The molecule has 1 aromatic heterocycles. The first-order valence-corrected chi connectivity index (χ1v) is 14.0. The number of hydrogen-bond acceptors (Lipinski definition) is 5. The number of nitrogens with one attached hydrogen (secondary N) is 1. The van der Waals surface area contributed by atoms with Crippen molar-refractivity contribution in [3.63, 3.8) is 0 Å². The summed E-state index contributed by atoms with van der Waals surface area (Å²) in [5.41, 5.74) is 2.74. The van der Waals surface area contributed by atoms with Crippen LogP contribution in [0.2, 0.25) is 0 Å². The second kappa shape index (κ2) is 10.3. The zero-order chi connectivity index (χ0) is 24.3. The molecular weight excluding hydrogens is 480 g/mol. The zero-order valence-corrected chi connectivity index (χ0v) is 20.7. The fourth-order valence-electron chi connectivity index (χ4n) is 4.28. The molecule has 180 valence electrons. The van der Waals surface area contributed by atoms with Gasteiger partial charge in [0.1, 0.15) is 11.6 Å². The van der Waals surface area contributed by atoms with Gasteiger partial charge < -0.3 is 9.73 Å². The lowest BCUT2D eigenvalue weighted by molar-refractivity contribution is -0.124. The van der Waals surface area contributed by atoms with Crippen LogP contribution >= 0.6 is 11.8 Å². The molecule has 1 aliphatic rings. The fraction of sp³-hybridized carbons (Fsp3) is 0.222. The van der Waals surface area contributed by atoms with E-state index in [1.54, 1.807) is 30.0 Å². The Balaban J connectivity index is 1.23. The monoisotopic (exact) mass is 506 g/mol. The van der Waals surface area contributed by atoms with Gasteiger partial charge in [-0.2, -0.15) is 4.31 Å². The SMILES string of the molecule is O=C(NCc1cccc(SCc2ccccc2)c1)C1CCCN1S(=O)(=O)c1cc2ccccc2o1. The molecule has 2 heterocycles. The maximum absolute atomic E-state index is 13.3. The Kier molecular flexibility index (Phi) is 6.95. The van der Waals surface area contributed by atoms with E-state index in [1.807, 2.05) is 36.4 Å². The topological polar surface area (TPSA) is 79.6 Å². The van der Waals surface area contributed by atoms with Crippen LogP contribution in [0.3, 0.4) is 0 Å². The largest absolute Gasteiger partial charge is 0.443 e. The van der Waals surface area contributed by atoms with E-state index in [0.29, 0.717) is 31.5 Å². The summed E-state index contributed by atoms with van der Waals surface area (Å²) in [6.45, 7) is 0.636. The predicted octanol–water partition coefficient (Wildman–Crippen LogP) is 5.19. The molecule has 8 heteroatoms. The van der Waals surface area contributed by atoms with E-state index in [-0.39, 0.29) is 11.0 Å². The van der Waals surface area contributed by atoms with Crippen molar-refractivity contribution in [2.24, 2.45) is 0 Å². The van der Waals surface area contributed by atoms with Gasteiger partial charge in [-0.25, -0.2) is 8.42 Å². The van der Waals surface area contributed by atoms with Crippen LogP contribution in [0.1, 0.15) is 24.0 Å². The van der Waals surface area contributed by atoms with Gasteiger partial charge in [-0.3, -0.25) is 4.79 Å². The van der Waals surface area contributed by atoms with E-state index >= 15 is 0 Å². The summed E-state index contributed by atoms with van der Waals surface area (Å²) in [4.78, 5) is 14.1. The molecule has 1 N–H and O–H groups in total. The molecule has 0 spiro atoms. The van der Waals surface area contributed by atoms with E-state index in [1.165, 1.54) is 15.9 Å². The molecule has 1 atom stereocenters. The number of nitrogens with zero attached hydrogens (tertiary/aromatic N) is 1. The molecule has 1 fully saturated rings. The number of benzene rings is 3. The third-order valence-electron chi connectivity index (χ3n) is 6.09. The molecule has 6 nitrogen and oxygen atoms in total. The molecular formula is C27H26N2O4S2. The third kappa shape index (κ3) is 5.29. The van der Waals surface area contributed by atoms with Crippen LogP contribution in [0, 0.1) is 0 Å². The smallest absolute Gasteiger partial charge is 0.277 e. The molecule has 0 bridgehead atoms. The number of furan rings is 1. The molecule has 0 radical (unpaired) electrons. The predicted molar refractivity (Wildman–Crippen MR) is 137 cm³/mol. The number of sulfonamides is 1. The highest BCUT2D eigenvalue weighted by Crippen LogP contribution is 2.30. The zero-order valence-electron chi connectivity index (χ0n) is 19.1. The van der Waals surface area contributed by atoms with Crippen LogP contribution in [-0.2, 0) is 27.1 Å². The van der Waals surface area contributed by atoms with Crippen molar-refractivity contribution in [1.82, 2.24) is 9.62 Å². The number of carbonyl (C=O) groups is 1. The van der Waals surface area contributed by atoms with Crippen molar-refractivity contribution in [3.8, 4) is 0 Å². The number of fused-ring (bicyclic) bond motifs is 1. The lowest BCUT2D eigenvalue weighted by Gasteiger charge is -2.22. The van der Waals surface area contributed by atoms with Crippen LogP contribution in [0.15, 0.2) is 99.3 Å². The van der Waals surface area contributed by atoms with Crippen LogP contribution < -0.4 is 5.32 Å². The minimum absolute atomic E-state index is 0.124. The molecule has 1 saturated heterocycles. The summed E-state index contributed by atoms with van der Waals surface area (Å²) in [5.74, 6) is 0.581. The summed E-state index contributed by atoms with van der Waals surface area (Å²) < 4.78 is 33.4. The van der Waals surface area contributed by atoms with E-state index in [0.717, 1.165) is 21.6 Å². The number of thioether (sulfide) groups is 1. The third-order valence-corrected chi connectivity index (χ3v) is 8.91. The van der Waals surface area contributed by atoms with E-state index < -0.39 is 16.1 Å². The van der Waals surface area contributed by atoms with Crippen LogP contribution in [0.25, 0.3) is 11.0 Å². The molecule has 1 aliphatic heterocycles. The summed E-state index contributed by atoms with van der Waals surface area (Å²) in [7, 11) is -3.92. The maximum atomic E-state index is 13.3. The van der Waals surface area contributed by atoms with Gasteiger partial charge in [0.05, 0.1) is 0 Å². The molecule has 3 aromatic carbocycles. The lowest BCUT2D eigenvalue weighted by atomic mass is 10.2. The van der Waals surface area contributed by atoms with Gasteiger partial charge in [0, 0.05) is 35.2 Å². The number of amides is 1. The average molecular weight is 507 g/mol. The van der Waals surface area contributed by atoms with E-state index in [4.69, 9.17) is 4.42 Å². The maximum Gasteiger partial charge on any atom is 0.277 e. The first-order chi connectivity index (χ1) is 17.0. The molecule has 5 rings (SSSR count). The first kappa shape index (κ1) is 23.7. The Bertz CT molecular complexity index is 1400. The Labute approximate surface area is 209 Å². The van der Waals surface area contributed by atoms with Crippen molar-refractivity contribution >= 4 is 38.7 Å². The Hall–Kier alpha value is -3.07. The van der Waals surface area contributed by atoms with Gasteiger partial charge in [0.15, 0.2) is 0 Å². The normalized spacial score (nSPS) is 16.5. The van der Waals surface area contributed by atoms with Crippen LogP contribution in [0.5, 0.6) is 0 Å². The van der Waals surface area contributed by atoms with Crippen LogP contribution in [-0.4, -0.2) is 31.2 Å². The highest BCUT2D eigenvalue weighted by atomic mass is 32.2. The van der Waals surface area contributed by atoms with E-state index in [2.05, 4.69) is 29.6 Å². The van der Waals surface area contributed by atoms with Gasteiger partial charge >= 0.3 is 0 Å².